The van der Waals surface area contributed by atoms with Crippen molar-refractivity contribution in [2.75, 3.05) is 26.3 Å². The Kier molecular flexibility index (Phi) is 3.40. The van der Waals surface area contributed by atoms with Crippen molar-refractivity contribution in [1.29, 1.82) is 5.26 Å². The molecule has 0 radical (unpaired) electrons. The predicted molar refractivity (Wildman–Crippen MR) is 74.1 cm³/mol. The highest BCUT2D eigenvalue weighted by Crippen LogP contribution is 2.17. The molecule has 5 heteroatoms. The summed E-state index contributed by atoms with van der Waals surface area (Å²) in [5, 5.41) is 10.0. The normalized spacial score (nSPS) is 15.2. The summed E-state index contributed by atoms with van der Waals surface area (Å²) in [6.07, 6.45) is 1.89. The molecule has 102 valence electrons. The molecule has 5 nitrogen and oxygen atoms in total. The summed E-state index contributed by atoms with van der Waals surface area (Å²) >= 11 is 0. The summed E-state index contributed by atoms with van der Waals surface area (Å²) in [6, 6.07) is 9.60. The Morgan fingerprint density at radius 2 is 2.10 bits per heavy atom. The Labute approximate surface area is 117 Å². The van der Waals surface area contributed by atoms with Crippen molar-refractivity contribution in [3.63, 3.8) is 0 Å². The van der Waals surface area contributed by atoms with Crippen LogP contribution >= 0.6 is 0 Å². The zero-order valence-electron chi connectivity index (χ0n) is 11.1. The molecule has 1 aliphatic heterocycles. The van der Waals surface area contributed by atoms with Gasteiger partial charge >= 0.3 is 0 Å². The highest BCUT2D eigenvalue weighted by atomic mass is 16.5. The second-order valence-electron chi connectivity index (χ2n) is 4.82. The van der Waals surface area contributed by atoms with Gasteiger partial charge in [0.2, 0.25) is 5.91 Å². The molecule has 20 heavy (non-hydrogen) atoms. The minimum absolute atomic E-state index is 0.0909. The lowest BCUT2D eigenvalue weighted by Crippen LogP contribution is -2.42. The van der Waals surface area contributed by atoms with E-state index in [1.165, 1.54) is 0 Å². The molecule has 3 rings (SSSR count). The number of morpholine rings is 1. The summed E-state index contributed by atoms with van der Waals surface area (Å²) in [4.78, 5) is 14.1. The Bertz CT molecular complexity index is 678. The highest BCUT2D eigenvalue weighted by Gasteiger charge is 2.17. The van der Waals surface area contributed by atoms with Crippen LogP contribution in [0.1, 0.15) is 5.56 Å². The van der Waals surface area contributed by atoms with E-state index in [1.54, 1.807) is 6.07 Å². The zero-order valence-corrected chi connectivity index (χ0v) is 11.1. The zero-order chi connectivity index (χ0) is 13.9. The van der Waals surface area contributed by atoms with Gasteiger partial charge in [-0.25, -0.2) is 0 Å². The number of nitrogens with zero attached hydrogens (tertiary/aromatic N) is 3. The predicted octanol–water partition coefficient (Wildman–Crippen LogP) is 1.37. The number of carbonyl (C=O) groups is 1. The van der Waals surface area contributed by atoms with E-state index in [-0.39, 0.29) is 5.91 Å². The fourth-order valence-corrected chi connectivity index (χ4v) is 2.45. The van der Waals surface area contributed by atoms with Crippen molar-refractivity contribution in [1.82, 2.24) is 9.47 Å². The molecule has 0 aliphatic carbocycles. The number of fused-ring (bicyclic) bond motifs is 1. The van der Waals surface area contributed by atoms with Gasteiger partial charge in [-0.05, 0) is 23.6 Å². The molecule has 0 spiro atoms. The van der Waals surface area contributed by atoms with Gasteiger partial charge in [-0.3, -0.25) is 4.79 Å². The third-order valence-corrected chi connectivity index (χ3v) is 3.57. The van der Waals surface area contributed by atoms with Gasteiger partial charge in [0.25, 0.3) is 0 Å². The van der Waals surface area contributed by atoms with Crippen molar-refractivity contribution < 1.29 is 9.53 Å². The molecule has 0 saturated carbocycles. The Balaban J connectivity index is 1.83. The van der Waals surface area contributed by atoms with Crippen LogP contribution in [0.25, 0.3) is 10.9 Å². The lowest BCUT2D eigenvalue weighted by Gasteiger charge is -2.27. The Morgan fingerprint density at radius 1 is 1.30 bits per heavy atom. The van der Waals surface area contributed by atoms with E-state index in [2.05, 4.69) is 6.07 Å². The van der Waals surface area contributed by atoms with Crippen LogP contribution in [0.15, 0.2) is 30.5 Å². The lowest BCUT2D eigenvalue weighted by molar-refractivity contribution is -0.135. The fourth-order valence-electron chi connectivity index (χ4n) is 2.45. The van der Waals surface area contributed by atoms with Crippen molar-refractivity contribution in [3.05, 3.63) is 36.0 Å². The van der Waals surface area contributed by atoms with E-state index in [9.17, 15) is 4.79 Å². The summed E-state index contributed by atoms with van der Waals surface area (Å²) in [5.41, 5.74) is 1.53. The monoisotopic (exact) mass is 269 g/mol. The van der Waals surface area contributed by atoms with E-state index in [0.717, 1.165) is 10.9 Å². The third-order valence-electron chi connectivity index (χ3n) is 3.57. The molecule has 0 N–H and O–H groups in total. The first-order valence-corrected chi connectivity index (χ1v) is 6.62. The van der Waals surface area contributed by atoms with Crippen LogP contribution in [0, 0.1) is 11.3 Å². The molecule has 2 heterocycles. The van der Waals surface area contributed by atoms with Gasteiger partial charge < -0.3 is 14.2 Å². The van der Waals surface area contributed by atoms with Gasteiger partial charge in [-0.1, -0.05) is 6.07 Å². The Morgan fingerprint density at radius 3 is 2.85 bits per heavy atom. The molecule has 0 unspecified atom stereocenters. The molecule has 1 aromatic carbocycles. The Hall–Kier alpha value is -2.32. The van der Waals surface area contributed by atoms with Crippen molar-refractivity contribution in [2.24, 2.45) is 0 Å². The quantitative estimate of drug-likeness (QED) is 0.827. The number of hydrogen-bond acceptors (Lipinski definition) is 3. The van der Waals surface area contributed by atoms with Crippen molar-refractivity contribution in [3.8, 4) is 6.07 Å². The van der Waals surface area contributed by atoms with E-state index in [4.69, 9.17) is 10.00 Å². The van der Waals surface area contributed by atoms with Crippen LogP contribution in [0.2, 0.25) is 0 Å². The van der Waals surface area contributed by atoms with Gasteiger partial charge in [0.15, 0.2) is 0 Å². The molecule has 1 fully saturated rings. The van der Waals surface area contributed by atoms with Gasteiger partial charge in [0.05, 0.1) is 24.8 Å². The first-order valence-electron chi connectivity index (χ1n) is 6.62. The molecule has 1 aromatic heterocycles. The first kappa shape index (κ1) is 12.7. The minimum atomic E-state index is 0.0909. The largest absolute Gasteiger partial charge is 0.378 e. The maximum absolute atomic E-state index is 12.2. The van der Waals surface area contributed by atoms with E-state index >= 15 is 0 Å². The number of ether oxygens (including phenoxy) is 1. The van der Waals surface area contributed by atoms with E-state index in [1.807, 2.05) is 33.9 Å². The molecule has 1 aliphatic rings. The van der Waals surface area contributed by atoms with Crippen LogP contribution in [0.4, 0.5) is 0 Å². The standard InChI is InChI=1S/C15H15N3O2/c16-10-12-1-2-13-3-4-18(14(13)9-12)11-15(19)17-5-7-20-8-6-17/h1-4,9H,5-8,11H2. The maximum atomic E-state index is 12.2. The van der Waals surface area contributed by atoms with Gasteiger partial charge in [0.1, 0.15) is 6.54 Å². The SMILES string of the molecule is N#Cc1ccc2ccn(CC(=O)N3CCOCC3)c2c1. The lowest BCUT2D eigenvalue weighted by atomic mass is 10.2. The third kappa shape index (κ3) is 2.38. The van der Waals surface area contributed by atoms with Gasteiger partial charge in [-0.15, -0.1) is 0 Å². The number of hydrogen-bond donors (Lipinski definition) is 0. The van der Waals surface area contributed by atoms with Crippen LogP contribution in [0.3, 0.4) is 0 Å². The number of carbonyl (C=O) groups excluding carboxylic acids is 1. The number of benzene rings is 1. The smallest absolute Gasteiger partial charge is 0.242 e. The average molecular weight is 269 g/mol. The number of aromatic nitrogens is 1. The maximum Gasteiger partial charge on any atom is 0.242 e. The minimum Gasteiger partial charge on any atom is -0.378 e. The molecule has 2 aromatic rings. The fraction of sp³-hybridized carbons (Fsp3) is 0.333. The van der Waals surface area contributed by atoms with Crippen LogP contribution < -0.4 is 0 Å². The van der Waals surface area contributed by atoms with Crippen molar-refractivity contribution >= 4 is 16.8 Å². The van der Waals surface area contributed by atoms with Crippen LogP contribution in [0.5, 0.6) is 0 Å². The van der Waals surface area contributed by atoms with E-state index < -0.39 is 0 Å². The summed E-state index contributed by atoms with van der Waals surface area (Å²) in [7, 11) is 0. The molecular formula is C15H15N3O2. The first-order chi connectivity index (χ1) is 9.78. The number of rotatable bonds is 2. The molecule has 0 bridgehead atoms. The van der Waals surface area contributed by atoms with Crippen molar-refractivity contribution in [2.45, 2.75) is 6.54 Å². The molecule has 1 saturated heterocycles. The number of amides is 1. The van der Waals surface area contributed by atoms with Crippen LogP contribution in [-0.2, 0) is 16.1 Å². The average Bonchev–Trinajstić information content (AvgIpc) is 2.90. The topological polar surface area (TPSA) is 58.3 Å². The second-order valence-corrected chi connectivity index (χ2v) is 4.82. The summed E-state index contributed by atoms with van der Waals surface area (Å²) in [6.45, 7) is 2.83. The molecule has 1 amide bonds. The summed E-state index contributed by atoms with van der Waals surface area (Å²) in [5.74, 6) is 0.0909. The van der Waals surface area contributed by atoms with E-state index in [0.29, 0.717) is 38.4 Å². The molecule has 0 atom stereocenters. The van der Waals surface area contributed by atoms with Crippen LogP contribution in [-0.4, -0.2) is 41.7 Å². The molecular weight excluding hydrogens is 254 g/mol. The second kappa shape index (κ2) is 5.35. The highest BCUT2D eigenvalue weighted by molar-refractivity contribution is 5.84. The van der Waals surface area contributed by atoms with Gasteiger partial charge in [0, 0.05) is 24.8 Å². The van der Waals surface area contributed by atoms with Gasteiger partial charge in [-0.2, -0.15) is 5.26 Å². The number of nitriles is 1. The summed E-state index contributed by atoms with van der Waals surface area (Å²) < 4.78 is 7.15.